The molecular weight excluding hydrogens is 252 g/mol. The van der Waals surface area contributed by atoms with E-state index in [1.165, 1.54) is 0 Å². The Hall–Kier alpha value is -1.29. The van der Waals surface area contributed by atoms with Gasteiger partial charge in [0.15, 0.2) is 11.6 Å². The van der Waals surface area contributed by atoms with Gasteiger partial charge in [-0.25, -0.2) is 4.98 Å². The number of rotatable bonds is 6. The van der Waals surface area contributed by atoms with Crippen molar-refractivity contribution in [2.24, 2.45) is 0 Å². The molecule has 0 aliphatic carbocycles. The van der Waals surface area contributed by atoms with Crippen molar-refractivity contribution in [3.05, 3.63) is 18.3 Å². The van der Waals surface area contributed by atoms with Crippen LogP contribution in [0.5, 0.6) is 5.75 Å². The van der Waals surface area contributed by atoms with Crippen LogP contribution >= 0.6 is 0 Å². The van der Waals surface area contributed by atoms with Gasteiger partial charge in [-0.3, -0.25) is 0 Å². The van der Waals surface area contributed by atoms with Crippen molar-refractivity contribution in [2.75, 3.05) is 18.5 Å². The van der Waals surface area contributed by atoms with Gasteiger partial charge in [0.25, 0.3) is 0 Å². The molecule has 0 spiro atoms. The molecule has 1 aromatic heterocycles. The summed E-state index contributed by atoms with van der Waals surface area (Å²) in [5.74, 6) is 1.68. The Kier molecular flexibility index (Phi) is 5.24. The molecule has 0 saturated carbocycles. The number of nitrogens with one attached hydrogen (secondary N) is 1. The Morgan fingerprint density at radius 2 is 2.20 bits per heavy atom. The molecule has 4 heteroatoms. The molecule has 0 radical (unpaired) electrons. The second kappa shape index (κ2) is 6.93. The predicted molar refractivity (Wildman–Crippen MR) is 81.3 cm³/mol. The van der Waals surface area contributed by atoms with Gasteiger partial charge < -0.3 is 14.8 Å². The van der Waals surface area contributed by atoms with Crippen LogP contribution in [-0.4, -0.2) is 29.8 Å². The highest BCUT2D eigenvalue weighted by Gasteiger charge is 2.34. The fourth-order valence-electron chi connectivity index (χ4n) is 2.86. The summed E-state index contributed by atoms with van der Waals surface area (Å²) < 4.78 is 11.6. The van der Waals surface area contributed by atoms with Crippen LogP contribution in [0.25, 0.3) is 0 Å². The van der Waals surface area contributed by atoms with Crippen molar-refractivity contribution in [3.63, 3.8) is 0 Å². The summed E-state index contributed by atoms with van der Waals surface area (Å²) >= 11 is 0. The van der Waals surface area contributed by atoms with Crippen molar-refractivity contribution in [3.8, 4) is 5.75 Å². The molecule has 0 bridgehead atoms. The maximum Gasteiger partial charge on any atom is 0.168 e. The van der Waals surface area contributed by atoms with Gasteiger partial charge in [0.2, 0.25) is 0 Å². The quantitative estimate of drug-likeness (QED) is 0.863. The third kappa shape index (κ3) is 3.42. The minimum atomic E-state index is 0.0243. The minimum Gasteiger partial charge on any atom is -0.490 e. The molecule has 0 amide bonds. The number of anilines is 1. The van der Waals surface area contributed by atoms with Gasteiger partial charge in [0.1, 0.15) is 0 Å². The summed E-state index contributed by atoms with van der Waals surface area (Å²) in [5, 5.41) is 3.54. The molecule has 20 heavy (non-hydrogen) atoms. The molecule has 2 heterocycles. The van der Waals surface area contributed by atoms with Crippen LogP contribution in [-0.2, 0) is 4.74 Å². The number of nitrogens with zero attached hydrogens (tertiary/aromatic N) is 1. The average molecular weight is 278 g/mol. The van der Waals surface area contributed by atoms with Gasteiger partial charge in [-0.05, 0) is 44.7 Å². The Bertz CT molecular complexity index is 419. The van der Waals surface area contributed by atoms with Crippen molar-refractivity contribution < 1.29 is 9.47 Å². The van der Waals surface area contributed by atoms with Gasteiger partial charge >= 0.3 is 0 Å². The van der Waals surface area contributed by atoms with E-state index in [2.05, 4.69) is 24.1 Å². The highest BCUT2D eigenvalue weighted by molar-refractivity contribution is 5.50. The molecule has 112 valence electrons. The van der Waals surface area contributed by atoms with Crippen molar-refractivity contribution in [1.29, 1.82) is 0 Å². The van der Waals surface area contributed by atoms with E-state index in [0.29, 0.717) is 12.6 Å². The first-order valence-electron chi connectivity index (χ1n) is 7.71. The van der Waals surface area contributed by atoms with E-state index in [1.807, 2.05) is 19.1 Å². The van der Waals surface area contributed by atoms with Crippen molar-refractivity contribution >= 4 is 5.82 Å². The standard InChI is InChI=1S/C16H26N2O2/c1-4-16(5-2)12-13(9-11-20-16)18-15-14(19-6-3)8-7-10-17-15/h7-8,10,13H,4-6,9,11-12H2,1-3H3,(H,17,18). The van der Waals surface area contributed by atoms with E-state index in [-0.39, 0.29) is 5.60 Å². The van der Waals surface area contributed by atoms with Crippen LogP contribution in [0.1, 0.15) is 46.5 Å². The summed E-state index contributed by atoms with van der Waals surface area (Å²) in [4.78, 5) is 4.41. The lowest BCUT2D eigenvalue weighted by Gasteiger charge is -2.40. The Morgan fingerprint density at radius 1 is 1.40 bits per heavy atom. The van der Waals surface area contributed by atoms with Crippen LogP contribution in [0, 0.1) is 0 Å². The molecule has 1 atom stereocenters. The van der Waals surface area contributed by atoms with Gasteiger partial charge in [0, 0.05) is 18.8 Å². The molecular formula is C16H26N2O2. The normalized spacial score (nSPS) is 21.4. The molecule has 1 unspecified atom stereocenters. The van der Waals surface area contributed by atoms with E-state index in [9.17, 15) is 0 Å². The van der Waals surface area contributed by atoms with Gasteiger partial charge in [-0.2, -0.15) is 0 Å². The van der Waals surface area contributed by atoms with Gasteiger partial charge in [-0.15, -0.1) is 0 Å². The Morgan fingerprint density at radius 3 is 2.90 bits per heavy atom. The topological polar surface area (TPSA) is 43.4 Å². The van der Waals surface area contributed by atoms with E-state index >= 15 is 0 Å². The van der Waals surface area contributed by atoms with Crippen LogP contribution < -0.4 is 10.1 Å². The number of aromatic nitrogens is 1. The SMILES string of the molecule is CCOc1cccnc1NC1CCOC(CC)(CC)C1. The monoisotopic (exact) mass is 278 g/mol. The lowest BCUT2D eigenvalue weighted by molar-refractivity contribution is -0.0865. The van der Waals surface area contributed by atoms with Crippen molar-refractivity contribution in [2.45, 2.75) is 58.1 Å². The second-order valence-corrected chi connectivity index (χ2v) is 5.36. The van der Waals surface area contributed by atoms with Crippen LogP contribution in [0.4, 0.5) is 5.82 Å². The summed E-state index contributed by atoms with van der Waals surface area (Å²) in [6.07, 6.45) is 5.97. The summed E-state index contributed by atoms with van der Waals surface area (Å²) in [5.41, 5.74) is 0.0243. The molecule has 0 aromatic carbocycles. The van der Waals surface area contributed by atoms with Crippen LogP contribution in [0.2, 0.25) is 0 Å². The third-order valence-corrected chi connectivity index (χ3v) is 4.19. The maximum atomic E-state index is 6.02. The minimum absolute atomic E-state index is 0.0243. The zero-order valence-corrected chi connectivity index (χ0v) is 12.8. The zero-order chi connectivity index (χ0) is 14.4. The first-order valence-corrected chi connectivity index (χ1v) is 7.71. The number of ether oxygens (including phenoxy) is 2. The summed E-state index contributed by atoms with van der Waals surface area (Å²) in [6.45, 7) is 7.87. The highest BCUT2D eigenvalue weighted by Crippen LogP contribution is 2.33. The molecule has 2 rings (SSSR count). The molecule has 1 N–H and O–H groups in total. The van der Waals surface area contributed by atoms with E-state index in [1.54, 1.807) is 6.20 Å². The second-order valence-electron chi connectivity index (χ2n) is 5.36. The Balaban J connectivity index is 2.06. The van der Waals surface area contributed by atoms with Gasteiger partial charge in [-0.1, -0.05) is 13.8 Å². The summed E-state index contributed by atoms with van der Waals surface area (Å²) in [6, 6.07) is 4.27. The largest absolute Gasteiger partial charge is 0.490 e. The molecule has 1 aliphatic heterocycles. The number of pyridine rings is 1. The first-order chi connectivity index (χ1) is 9.73. The number of hydrogen-bond acceptors (Lipinski definition) is 4. The van der Waals surface area contributed by atoms with E-state index in [0.717, 1.165) is 43.9 Å². The smallest absolute Gasteiger partial charge is 0.168 e. The maximum absolute atomic E-state index is 6.02. The molecule has 1 fully saturated rings. The third-order valence-electron chi connectivity index (χ3n) is 4.19. The molecule has 1 aliphatic rings. The fourth-order valence-corrected chi connectivity index (χ4v) is 2.86. The molecule has 1 saturated heterocycles. The lowest BCUT2D eigenvalue weighted by Crippen LogP contribution is -2.43. The Labute approximate surface area is 121 Å². The van der Waals surface area contributed by atoms with Crippen LogP contribution in [0.3, 0.4) is 0 Å². The first kappa shape index (κ1) is 15.1. The lowest BCUT2D eigenvalue weighted by atomic mass is 9.86. The zero-order valence-electron chi connectivity index (χ0n) is 12.8. The van der Waals surface area contributed by atoms with Crippen LogP contribution in [0.15, 0.2) is 18.3 Å². The highest BCUT2D eigenvalue weighted by atomic mass is 16.5. The van der Waals surface area contributed by atoms with E-state index < -0.39 is 0 Å². The van der Waals surface area contributed by atoms with E-state index in [4.69, 9.17) is 9.47 Å². The predicted octanol–water partition coefficient (Wildman–Crippen LogP) is 3.63. The number of hydrogen-bond donors (Lipinski definition) is 1. The van der Waals surface area contributed by atoms with Crippen molar-refractivity contribution in [1.82, 2.24) is 4.98 Å². The van der Waals surface area contributed by atoms with Gasteiger partial charge in [0.05, 0.1) is 12.2 Å². The summed E-state index contributed by atoms with van der Waals surface area (Å²) in [7, 11) is 0. The fraction of sp³-hybridized carbons (Fsp3) is 0.688. The average Bonchev–Trinajstić information content (AvgIpc) is 2.50. The molecule has 4 nitrogen and oxygen atoms in total. The molecule has 1 aromatic rings.